The summed E-state index contributed by atoms with van der Waals surface area (Å²) in [6, 6.07) is 29.4. The maximum Gasteiger partial charge on any atom is 0.338 e. The molecule has 1 N–H and O–H groups in total. The lowest BCUT2D eigenvalue weighted by atomic mass is 9.80. The first-order chi connectivity index (χ1) is 20.7. The normalized spacial score (nSPS) is 22.7. The molecule has 232 valence electrons. The molecule has 8 nitrogen and oxygen atoms in total. The smallest absolute Gasteiger partial charge is 0.338 e. The molecule has 0 radical (unpaired) electrons. The molecule has 0 amide bonds. The lowest BCUT2D eigenvalue weighted by molar-refractivity contribution is -0.231. The van der Waals surface area contributed by atoms with Crippen molar-refractivity contribution in [3.63, 3.8) is 0 Å². The van der Waals surface area contributed by atoms with Crippen LogP contribution in [-0.4, -0.2) is 78.2 Å². The van der Waals surface area contributed by atoms with Crippen molar-refractivity contribution in [2.75, 3.05) is 34.4 Å². The van der Waals surface area contributed by atoms with Crippen LogP contribution < -0.4 is 10.4 Å². The maximum atomic E-state index is 13.3. The molecule has 0 unspecified atom stereocenters. The summed E-state index contributed by atoms with van der Waals surface area (Å²) in [6.07, 6.45) is -3.08. The van der Waals surface area contributed by atoms with Crippen LogP contribution in [-0.2, 0) is 28.1 Å². The topological polar surface area (TPSA) is 92.7 Å². The second-order valence-corrected chi connectivity index (χ2v) is 16.2. The first kappa shape index (κ1) is 33.0. The predicted molar refractivity (Wildman–Crippen MR) is 167 cm³/mol. The Balaban J connectivity index is 1.73. The fourth-order valence-corrected chi connectivity index (χ4v) is 10.6. The van der Waals surface area contributed by atoms with Gasteiger partial charge in [0.05, 0.1) is 11.7 Å². The zero-order valence-electron chi connectivity index (χ0n) is 25.7. The third kappa shape index (κ3) is 7.61. The fraction of sp³-hybridized carbons (Fsp3) is 0.441. The average Bonchev–Trinajstić information content (AvgIpc) is 3.02. The van der Waals surface area contributed by atoms with Gasteiger partial charge >= 0.3 is 5.97 Å². The lowest BCUT2D eigenvalue weighted by Crippen LogP contribution is -2.67. The van der Waals surface area contributed by atoms with Crippen LogP contribution in [0, 0.1) is 5.92 Å². The van der Waals surface area contributed by atoms with Crippen LogP contribution in [0.1, 0.15) is 37.6 Å². The standard InChI is InChI=1S/C34H44O8Si/c1-34(2,3)43(27-17-11-7-12-18-27,28-19-13-8-14-20-28)41-22-26-21-29(39-23-37-4)32(40-24-38-5)30(35)31(26)42-33(36)25-15-9-6-10-16-25/h6-20,26,29-32,35H,21-24H2,1-5H3/t26-,29-,30-,31-,32-/m1/s1. The van der Waals surface area contributed by atoms with Crippen LogP contribution in [0.5, 0.6) is 0 Å². The van der Waals surface area contributed by atoms with Crippen LogP contribution in [0.4, 0.5) is 0 Å². The number of carbonyl (C=O) groups excluding carboxylic acids is 1. The molecule has 0 bridgehead atoms. The van der Waals surface area contributed by atoms with Crippen LogP contribution in [0.25, 0.3) is 0 Å². The van der Waals surface area contributed by atoms with E-state index in [1.54, 1.807) is 24.3 Å². The number of carbonyl (C=O) groups is 1. The summed E-state index contributed by atoms with van der Waals surface area (Å²) in [5.41, 5.74) is 0.397. The highest BCUT2D eigenvalue weighted by molar-refractivity contribution is 6.99. The van der Waals surface area contributed by atoms with Gasteiger partial charge in [-0.1, -0.05) is 99.6 Å². The monoisotopic (exact) mass is 608 g/mol. The van der Waals surface area contributed by atoms with Gasteiger partial charge in [-0.15, -0.1) is 0 Å². The molecule has 5 atom stereocenters. The highest BCUT2D eigenvalue weighted by atomic mass is 28.4. The molecule has 3 aromatic rings. The molecule has 0 aliphatic heterocycles. The van der Waals surface area contributed by atoms with Gasteiger partial charge in [-0.25, -0.2) is 4.79 Å². The fourth-order valence-electron chi connectivity index (χ4n) is 6.01. The summed E-state index contributed by atoms with van der Waals surface area (Å²) in [7, 11) is 0.135. The van der Waals surface area contributed by atoms with Gasteiger partial charge < -0.3 is 33.2 Å². The summed E-state index contributed by atoms with van der Waals surface area (Å²) in [6.45, 7) is 6.81. The van der Waals surface area contributed by atoms with Crippen LogP contribution in [0.15, 0.2) is 91.0 Å². The Kier molecular flexibility index (Phi) is 11.7. The molecule has 0 aromatic heterocycles. The number of benzene rings is 3. The average molecular weight is 609 g/mol. The third-order valence-corrected chi connectivity index (χ3v) is 13.0. The van der Waals surface area contributed by atoms with E-state index in [1.807, 2.05) is 42.5 Å². The summed E-state index contributed by atoms with van der Waals surface area (Å²) in [4.78, 5) is 13.3. The number of hydrogen-bond donors (Lipinski definition) is 1. The number of methoxy groups -OCH3 is 2. The van der Waals surface area contributed by atoms with E-state index >= 15 is 0 Å². The van der Waals surface area contributed by atoms with Gasteiger partial charge in [0.15, 0.2) is 0 Å². The van der Waals surface area contributed by atoms with E-state index in [9.17, 15) is 9.90 Å². The van der Waals surface area contributed by atoms with E-state index in [2.05, 4.69) is 45.0 Å². The van der Waals surface area contributed by atoms with E-state index < -0.39 is 44.6 Å². The number of esters is 1. The molecule has 43 heavy (non-hydrogen) atoms. The SMILES string of the molecule is COCO[C@H]1[C@H](O)[C@H](OC(=O)c2ccccc2)[C@@H](CO[Si](c2ccccc2)(c2ccccc2)C(C)(C)C)C[C@H]1OCOC. The van der Waals surface area contributed by atoms with Crippen molar-refractivity contribution in [3.8, 4) is 0 Å². The summed E-state index contributed by atoms with van der Waals surface area (Å²) >= 11 is 0. The molecular formula is C34H44O8Si. The van der Waals surface area contributed by atoms with Crippen molar-refractivity contribution >= 4 is 24.7 Å². The Morgan fingerprint density at radius 3 is 1.81 bits per heavy atom. The molecule has 1 saturated carbocycles. The van der Waals surface area contributed by atoms with Gasteiger partial charge in [0, 0.05) is 26.7 Å². The zero-order valence-corrected chi connectivity index (χ0v) is 26.7. The van der Waals surface area contributed by atoms with Crippen molar-refractivity contribution < 1.29 is 38.0 Å². The number of hydrogen-bond acceptors (Lipinski definition) is 8. The van der Waals surface area contributed by atoms with Gasteiger partial charge in [0.1, 0.15) is 31.9 Å². The van der Waals surface area contributed by atoms with Gasteiger partial charge in [0.2, 0.25) is 0 Å². The summed E-state index contributed by atoms with van der Waals surface area (Å²) in [5.74, 6) is -0.935. The van der Waals surface area contributed by atoms with Crippen LogP contribution in [0.2, 0.25) is 5.04 Å². The molecule has 3 aromatic carbocycles. The minimum atomic E-state index is -2.91. The van der Waals surface area contributed by atoms with Crippen LogP contribution in [0.3, 0.4) is 0 Å². The first-order valence-electron chi connectivity index (χ1n) is 14.6. The van der Waals surface area contributed by atoms with Crippen molar-refractivity contribution in [3.05, 3.63) is 96.6 Å². The minimum absolute atomic E-state index is 0.0149. The van der Waals surface area contributed by atoms with E-state index in [0.717, 1.165) is 10.4 Å². The molecule has 1 aliphatic carbocycles. The quantitative estimate of drug-likeness (QED) is 0.176. The molecule has 1 aliphatic rings. The Bertz CT molecular complexity index is 1210. The van der Waals surface area contributed by atoms with Crippen LogP contribution >= 0.6 is 0 Å². The van der Waals surface area contributed by atoms with Crippen molar-refractivity contribution in [2.45, 2.75) is 56.6 Å². The molecule has 0 saturated heterocycles. The molecule has 1 fully saturated rings. The molecular weight excluding hydrogens is 564 g/mol. The van der Waals surface area contributed by atoms with Crippen molar-refractivity contribution in [1.29, 1.82) is 0 Å². The second kappa shape index (κ2) is 15.2. The summed E-state index contributed by atoms with van der Waals surface area (Å²) in [5, 5.41) is 13.7. The predicted octanol–water partition coefficient (Wildman–Crippen LogP) is 4.15. The van der Waals surface area contributed by atoms with Gasteiger partial charge in [-0.3, -0.25) is 0 Å². The van der Waals surface area contributed by atoms with Gasteiger partial charge in [-0.05, 0) is 34.0 Å². The number of rotatable bonds is 13. The lowest BCUT2D eigenvalue weighted by Gasteiger charge is -2.47. The number of aliphatic hydroxyl groups excluding tert-OH is 1. The number of aliphatic hydroxyl groups is 1. The highest BCUT2D eigenvalue weighted by Crippen LogP contribution is 2.39. The minimum Gasteiger partial charge on any atom is -0.456 e. The molecule has 9 heteroatoms. The van der Waals surface area contributed by atoms with Gasteiger partial charge in [-0.2, -0.15) is 0 Å². The first-order valence-corrected chi connectivity index (χ1v) is 16.5. The largest absolute Gasteiger partial charge is 0.456 e. The van der Waals surface area contributed by atoms with Crippen molar-refractivity contribution in [1.82, 2.24) is 0 Å². The third-order valence-electron chi connectivity index (χ3n) is 8.00. The zero-order chi connectivity index (χ0) is 30.9. The van der Waals surface area contributed by atoms with E-state index in [-0.39, 0.29) is 25.2 Å². The Morgan fingerprint density at radius 2 is 1.30 bits per heavy atom. The van der Waals surface area contributed by atoms with Gasteiger partial charge in [0.25, 0.3) is 8.32 Å². The van der Waals surface area contributed by atoms with E-state index in [1.165, 1.54) is 14.2 Å². The Labute approximate surface area is 256 Å². The summed E-state index contributed by atoms with van der Waals surface area (Å²) < 4.78 is 35.5. The highest BCUT2D eigenvalue weighted by Gasteiger charge is 2.53. The Hall–Kier alpha value is -2.89. The second-order valence-electron chi connectivity index (χ2n) is 11.8. The maximum absolute atomic E-state index is 13.3. The van der Waals surface area contributed by atoms with E-state index in [0.29, 0.717) is 12.0 Å². The van der Waals surface area contributed by atoms with Crippen molar-refractivity contribution in [2.24, 2.45) is 5.92 Å². The molecule has 0 spiro atoms. The molecule has 0 heterocycles. The molecule has 4 rings (SSSR count). The van der Waals surface area contributed by atoms with E-state index in [4.69, 9.17) is 28.1 Å². The Morgan fingerprint density at radius 1 is 0.791 bits per heavy atom. The number of ether oxygens (including phenoxy) is 5.